The summed E-state index contributed by atoms with van der Waals surface area (Å²) in [6, 6.07) is 0. The standard InChI is InChI=1S/C14H29N3/c1-12(14-8-15-9-14)10-17-6-4-13(5-7-17)11-16(2)3/h12-15H,4-11H2,1-3H3. The lowest BCUT2D eigenvalue weighted by atomic mass is 9.87. The summed E-state index contributed by atoms with van der Waals surface area (Å²) >= 11 is 0. The predicted molar refractivity (Wildman–Crippen MR) is 73.2 cm³/mol. The van der Waals surface area contributed by atoms with Gasteiger partial charge in [-0.3, -0.25) is 0 Å². The van der Waals surface area contributed by atoms with E-state index in [1.807, 2.05) is 0 Å². The molecule has 2 fully saturated rings. The molecule has 1 unspecified atom stereocenters. The van der Waals surface area contributed by atoms with E-state index in [1.165, 1.54) is 52.1 Å². The van der Waals surface area contributed by atoms with Crippen molar-refractivity contribution in [2.75, 3.05) is 53.4 Å². The number of nitrogens with one attached hydrogen (secondary N) is 1. The molecule has 0 aromatic heterocycles. The average molecular weight is 239 g/mol. The largest absolute Gasteiger partial charge is 0.316 e. The smallest absolute Gasteiger partial charge is 0.00106 e. The van der Waals surface area contributed by atoms with Crippen LogP contribution in [-0.2, 0) is 0 Å². The molecule has 0 aromatic carbocycles. The summed E-state index contributed by atoms with van der Waals surface area (Å²) in [5.41, 5.74) is 0. The molecular formula is C14H29N3. The van der Waals surface area contributed by atoms with Crippen molar-refractivity contribution in [3.63, 3.8) is 0 Å². The summed E-state index contributed by atoms with van der Waals surface area (Å²) in [4.78, 5) is 5.03. The zero-order valence-corrected chi connectivity index (χ0v) is 11.8. The van der Waals surface area contributed by atoms with Crippen molar-refractivity contribution in [1.82, 2.24) is 15.1 Å². The molecule has 0 saturated carbocycles. The summed E-state index contributed by atoms with van der Waals surface area (Å²) < 4.78 is 0. The Kier molecular flexibility index (Phi) is 4.83. The molecular weight excluding hydrogens is 210 g/mol. The number of piperidine rings is 1. The number of nitrogens with zero attached hydrogens (tertiary/aromatic N) is 2. The van der Waals surface area contributed by atoms with Gasteiger partial charge in [0, 0.05) is 13.1 Å². The molecule has 1 atom stereocenters. The van der Waals surface area contributed by atoms with Gasteiger partial charge in [0.2, 0.25) is 0 Å². The van der Waals surface area contributed by atoms with Gasteiger partial charge >= 0.3 is 0 Å². The predicted octanol–water partition coefficient (Wildman–Crippen LogP) is 1.12. The van der Waals surface area contributed by atoms with Crippen LogP contribution in [0.1, 0.15) is 19.8 Å². The first kappa shape index (κ1) is 13.3. The van der Waals surface area contributed by atoms with Crippen LogP contribution in [-0.4, -0.2) is 63.2 Å². The lowest BCUT2D eigenvalue weighted by Crippen LogP contribution is -2.49. The van der Waals surface area contributed by atoms with Crippen LogP contribution in [0.25, 0.3) is 0 Å². The lowest BCUT2D eigenvalue weighted by Gasteiger charge is -2.38. The van der Waals surface area contributed by atoms with Gasteiger partial charge in [-0.25, -0.2) is 0 Å². The molecule has 0 radical (unpaired) electrons. The normalized spacial score (nSPS) is 26.1. The van der Waals surface area contributed by atoms with E-state index in [4.69, 9.17) is 0 Å². The Morgan fingerprint density at radius 1 is 1.24 bits per heavy atom. The Labute approximate surface area is 107 Å². The fourth-order valence-corrected chi connectivity index (χ4v) is 3.14. The summed E-state index contributed by atoms with van der Waals surface area (Å²) in [5, 5.41) is 3.38. The molecule has 2 aliphatic heterocycles. The molecule has 0 aliphatic carbocycles. The van der Waals surface area contributed by atoms with Crippen LogP contribution in [0.15, 0.2) is 0 Å². The zero-order valence-electron chi connectivity index (χ0n) is 11.8. The van der Waals surface area contributed by atoms with E-state index in [1.54, 1.807) is 0 Å². The molecule has 3 nitrogen and oxygen atoms in total. The van der Waals surface area contributed by atoms with Crippen LogP contribution in [0.4, 0.5) is 0 Å². The molecule has 1 N–H and O–H groups in total. The van der Waals surface area contributed by atoms with E-state index in [0.717, 1.165) is 17.8 Å². The molecule has 17 heavy (non-hydrogen) atoms. The van der Waals surface area contributed by atoms with E-state index < -0.39 is 0 Å². The monoisotopic (exact) mass is 239 g/mol. The van der Waals surface area contributed by atoms with Gasteiger partial charge in [-0.05, 0) is 70.9 Å². The highest BCUT2D eigenvalue weighted by molar-refractivity contribution is 4.82. The van der Waals surface area contributed by atoms with E-state index in [9.17, 15) is 0 Å². The number of likely N-dealkylation sites (tertiary alicyclic amines) is 1. The van der Waals surface area contributed by atoms with Gasteiger partial charge in [-0.15, -0.1) is 0 Å². The number of hydrogen-bond acceptors (Lipinski definition) is 3. The second-order valence-electron chi connectivity index (χ2n) is 6.40. The molecule has 0 amide bonds. The second kappa shape index (κ2) is 6.17. The number of hydrogen-bond donors (Lipinski definition) is 1. The van der Waals surface area contributed by atoms with Gasteiger partial charge in [-0.2, -0.15) is 0 Å². The molecule has 2 aliphatic rings. The fourth-order valence-electron chi connectivity index (χ4n) is 3.14. The van der Waals surface area contributed by atoms with E-state index in [-0.39, 0.29) is 0 Å². The summed E-state index contributed by atoms with van der Waals surface area (Å²) in [7, 11) is 4.39. The summed E-state index contributed by atoms with van der Waals surface area (Å²) in [6.45, 7) is 10.2. The van der Waals surface area contributed by atoms with Crippen molar-refractivity contribution < 1.29 is 0 Å². The van der Waals surface area contributed by atoms with Crippen molar-refractivity contribution in [2.24, 2.45) is 17.8 Å². The second-order valence-corrected chi connectivity index (χ2v) is 6.40. The average Bonchev–Trinajstić information content (AvgIpc) is 2.17. The van der Waals surface area contributed by atoms with Crippen LogP contribution in [0.3, 0.4) is 0 Å². The molecule has 0 bridgehead atoms. The molecule has 2 rings (SSSR count). The van der Waals surface area contributed by atoms with Crippen molar-refractivity contribution in [3.8, 4) is 0 Å². The van der Waals surface area contributed by atoms with Crippen LogP contribution in [0.5, 0.6) is 0 Å². The minimum atomic E-state index is 0.877. The highest BCUT2D eigenvalue weighted by Gasteiger charge is 2.27. The maximum absolute atomic E-state index is 3.38. The van der Waals surface area contributed by atoms with E-state index >= 15 is 0 Å². The maximum atomic E-state index is 3.38. The highest BCUT2D eigenvalue weighted by atomic mass is 15.1. The Hall–Kier alpha value is -0.120. The third kappa shape index (κ3) is 3.94. The summed E-state index contributed by atoms with van der Waals surface area (Å²) in [6.07, 6.45) is 2.79. The van der Waals surface area contributed by atoms with Crippen LogP contribution < -0.4 is 5.32 Å². The van der Waals surface area contributed by atoms with Crippen molar-refractivity contribution in [1.29, 1.82) is 0 Å². The first-order chi connectivity index (χ1) is 8.15. The molecule has 2 heterocycles. The Morgan fingerprint density at radius 2 is 1.88 bits per heavy atom. The molecule has 3 heteroatoms. The van der Waals surface area contributed by atoms with Gasteiger partial charge in [0.15, 0.2) is 0 Å². The third-order valence-corrected chi connectivity index (χ3v) is 4.49. The maximum Gasteiger partial charge on any atom is 0.00106 e. The first-order valence-corrected chi connectivity index (χ1v) is 7.23. The Morgan fingerprint density at radius 3 is 2.35 bits per heavy atom. The van der Waals surface area contributed by atoms with E-state index in [2.05, 4.69) is 36.1 Å². The zero-order chi connectivity index (χ0) is 12.3. The van der Waals surface area contributed by atoms with Gasteiger partial charge in [0.05, 0.1) is 0 Å². The number of rotatable bonds is 5. The van der Waals surface area contributed by atoms with Gasteiger partial charge in [-0.1, -0.05) is 6.92 Å². The summed E-state index contributed by atoms with van der Waals surface area (Å²) in [5.74, 6) is 2.75. The highest BCUT2D eigenvalue weighted by Crippen LogP contribution is 2.22. The molecule has 2 saturated heterocycles. The van der Waals surface area contributed by atoms with Crippen LogP contribution in [0.2, 0.25) is 0 Å². The minimum Gasteiger partial charge on any atom is -0.316 e. The third-order valence-electron chi connectivity index (χ3n) is 4.49. The van der Waals surface area contributed by atoms with E-state index in [0.29, 0.717) is 0 Å². The quantitative estimate of drug-likeness (QED) is 0.775. The van der Waals surface area contributed by atoms with Crippen LogP contribution in [0, 0.1) is 17.8 Å². The topological polar surface area (TPSA) is 18.5 Å². The van der Waals surface area contributed by atoms with Gasteiger partial charge < -0.3 is 15.1 Å². The molecule has 100 valence electrons. The Bertz CT molecular complexity index is 218. The van der Waals surface area contributed by atoms with Gasteiger partial charge in [0.1, 0.15) is 0 Å². The Balaban J connectivity index is 1.64. The van der Waals surface area contributed by atoms with Crippen LogP contribution >= 0.6 is 0 Å². The fraction of sp³-hybridized carbons (Fsp3) is 1.00. The van der Waals surface area contributed by atoms with Crippen molar-refractivity contribution in [2.45, 2.75) is 19.8 Å². The van der Waals surface area contributed by atoms with Crippen molar-refractivity contribution >= 4 is 0 Å². The molecule has 0 aromatic rings. The molecule has 0 spiro atoms. The first-order valence-electron chi connectivity index (χ1n) is 7.23. The minimum absolute atomic E-state index is 0.877. The van der Waals surface area contributed by atoms with Crippen molar-refractivity contribution in [3.05, 3.63) is 0 Å². The van der Waals surface area contributed by atoms with Gasteiger partial charge in [0.25, 0.3) is 0 Å². The lowest BCUT2D eigenvalue weighted by molar-refractivity contribution is 0.119. The SMILES string of the molecule is CC(CN1CCC(CN(C)C)CC1)C1CNC1.